The van der Waals surface area contributed by atoms with Crippen molar-refractivity contribution in [2.45, 2.75) is 37.4 Å². The maximum Gasteiger partial charge on any atom is 1.00 e. The van der Waals surface area contributed by atoms with E-state index in [1.54, 1.807) is 0 Å². The number of hydrogen-bond donors (Lipinski definition) is 0. The van der Waals surface area contributed by atoms with E-state index >= 15 is 0 Å². The fourth-order valence-electron chi connectivity index (χ4n) is 2.73. The second-order valence-corrected chi connectivity index (χ2v) is 4.59. The fraction of sp³-hybridized carbons (Fsp3) is 0.500. The zero-order chi connectivity index (χ0) is 11.6. The number of benzene rings is 1. The molecule has 0 spiro atoms. The molecule has 5 heteroatoms. The Labute approximate surface area is 143 Å². The minimum Gasteiger partial charge on any atom is -0.449 e. The zero-order valence-electron chi connectivity index (χ0n) is 10.1. The van der Waals surface area contributed by atoms with E-state index in [0.29, 0.717) is 12.8 Å². The van der Waals surface area contributed by atoms with Crippen molar-refractivity contribution < 1.29 is 64.3 Å². The van der Waals surface area contributed by atoms with E-state index in [2.05, 4.69) is 0 Å². The van der Waals surface area contributed by atoms with Gasteiger partial charge < -0.3 is 12.9 Å². The van der Waals surface area contributed by atoms with Crippen LogP contribution in [0.1, 0.15) is 37.2 Å². The van der Waals surface area contributed by atoms with E-state index in [0.717, 1.165) is 18.4 Å². The van der Waals surface area contributed by atoms with Gasteiger partial charge in [0.15, 0.2) is 0 Å². The smallest absolute Gasteiger partial charge is 0.449 e. The third-order valence-electron chi connectivity index (χ3n) is 3.53. The molecule has 0 N–H and O–H groups in total. The van der Waals surface area contributed by atoms with Crippen LogP contribution in [-0.4, -0.2) is 6.98 Å². The molecule has 1 aliphatic carbocycles. The van der Waals surface area contributed by atoms with Crippen molar-refractivity contribution in [1.29, 1.82) is 0 Å². The van der Waals surface area contributed by atoms with Gasteiger partial charge in [0.2, 0.25) is 0 Å². The molecule has 2 rings (SSSR count). The monoisotopic (exact) mass is 266 g/mol. The van der Waals surface area contributed by atoms with Crippen LogP contribution in [0.25, 0.3) is 0 Å². The molecule has 2 atom stereocenters. The number of rotatable bonds is 2. The Balaban J connectivity index is 0.00000144. The van der Waals surface area contributed by atoms with Crippen LogP contribution in [0.15, 0.2) is 30.3 Å². The Bertz CT molecular complexity index is 339. The molecule has 1 fully saturated rings. The summed E-state index contributed by atoms with van der Waals surface area (Å²) in [5.41, 5.74) is 0.853. The maximum absolute atomic E-state index is 12.9. The Morgan fingerprint density at radius 2 is 1.53 bits per heavy atom. The van der Waals surface area contributed by atoms with Crippen LogP contribution >= 0.6 is 0 Å². The molecule has 0 heterocycles. The van der Waals surface area contributed by atoms with Crippen molar-refractivity contribution in [3.63, 3.8) is 0 Å². The Morgan fingerprint density at radius 3 is 2.12 bits per heavy atom. The Kier molecular flexibility index (Phi) is 6.27. The SMILES string of the molecule is F[B-](F)(F)C1CCCCC1c1ccccc1.[K+]. The van der Waals surface area contributed by atoms with Crippen LogP contribution in [0, 0.1) is 0 Å². The quantitative estimate of drug-likeness (QED) is 0.713. The molecule has 1 aliphatic rings. The van der Waals surface area contributed by atoms with Gasteiger partial charge in [0.1, 0.15) is 0 Å². The summed E-state index contributed by atoms with van der Waals surface area (Å²) in [6, 6.07) is 9.14. The summed E-state index contributed by atoms with van der Waals surface area (Å²) in [4.78, 5) is 0. The third kappa shape index (κ3) is 4.10. The zero-order valence-corrected chi connectivity index (χ0v) is 13.2. The second kappa shape index (κ2) is 6.76. The van der Waals surface area contributed by atoms with Crippen LogP contribution in [0.3, 0.4) is 0 Å². The fourth-order valence-corrected chi connectivity index (χ4v) is 2.73. The summed E-state index contributed by atoms with van der Waals surface area (Å²) < 4.78 is 38.8. The first-order valence-electron chi connectivity index (χ1n) is 5.84. The third-order valence-corrected chi connectivity index (χ3v) is 3.53. The molecular formula is C12H15BF3K. The normalized spacial score (nSPS) is 25.1. The maximum atomic E-state index is 12.9. The summed E-state index contributed by atoms with van der Waals surface area (Å²) in [5.74, 6) is -1.40. The average Bonchev–Trinajstić information content (AvgIpc) is 2.29. The molecule has 0 bridgehead atoms. The van der Waals surface area contributed by atoms with Gasteiger partial charge >= 0.3 is 58.4 Å². The summed E-state index contributed by atoms with van der Waals surface area (Å²) in [7, 11) is 0. The first-order valence-corrected chi connectivity index (χ1v) is 5.84. The van der Waals surface area contributed by atoms with Gasteiger partial charge in [0.25, 0.3) is 0 Å². The predicted molar refractivity (Wildman–Crippen MR) is 60.5 cm³/mol. The first kappa shape index (κ1) is 15.8. The van der Waals surface area contributed by atoms with Gasteiger partial charge in [-0.05, 0) is 17.9 Å². The largest absolute Gasteiger partial charge is 1.00 e. The Hall–Kier alpha value is 0.711. The van der Waals surface area contributed by atoms with Gasteiger partial charge in [-0.15, -0.1) is 0 Å². The molecule has 0 amide bonds. The van der Waals surface area contributed by atoms with Crippen molar-refractivity contribution in [2.75, 3.05) is 0 Å². The van der Waals surface area contributed by atoms with Crippen LogP contribution < -0.4 is 51.4 Å². The van der Waals surface area contributed by atoms with Gasteiger partial charge in [0.05, 0.1) is 0 Å². The molecule has 88 valence electrons. The minimum absolute atomic E-state index is 0. The van der Waals surface area contributed by atoms with E-state index in [4.69, 9.17) is 0 Å². The molecule has 1 aromatic carbocycles. The van der Waals surface area contributed by atoms with E-state index in [-0.39, 0.29) is 57.3 Å². The topological polar surface area (TPSA) is 0 Å². The minimum atomic E-state index is -4.71. The van der Waals surface area contributed by atoms with Crippen LogP contribution in [0.4, 0.5) is 12.9 Å². The standard InChI is InChI=1S/C12H15BF3.K/c14-13(15,16)12-9-5-4-8-11(12)10-6-2-1-3-7-10;/h1-3,6-7,11-12H,4-5,8-9H2;/q-1;+1. The van der Waals surface area contributed by atoms with Crippen molar-refractivity contribution in [3.8, 4) is 0 Å². The Morgan fingerprint density at radius 1 is 0.941 bits per heavy atom. The van der Waals surface area contributed by atoms with Crippen LogP contribution in [-0.2, 0) is 0 Å². The molecule has 0 nitrogen and oxygen atoms in total. The van der Waals surface area contributed by atoms with Gasteiger partial charge in [-0.2, -0.15) is 0 Å². The van der Waals surface area contributed by atoms with Crippen molar-refractivity contribution in [2.24, 2.45) is 0 Å². The molecule has 17 heavy (non-hydrogen) atoms. The molecule has 0 radical (unpaired) electrons. The first-order chi connectivity index (χ1) is 7.59. The second-order valence-electron chi connectivity index (χ2n) is 4.59. The molecule has 1 saturated carbocycles. The van der Waals surface area contributed by atoms with Gasteiger partial charge in [-0.25, -0.2) is 0 Å². The molecule has 1 aromatic rings. The van der Waals surface area contributed by atoms with E-state index in [1.165, 1.54) is 0 Å². The van der Waals surface area contributed by atoms with Crippen molar-refractivity contribution in [3.05, 3.63) is 35.9 Å². The van der Waals surface area contributed by atoms with Crippen molar-refractivity contribution in [1.82, 2.24) is 0 Å². The molecular weight excluding hydrogens is 251 g/mol. The van der Waals surface area contributed by atoms with Gasteiger partial charge in [-0.1, -0.05) is 55.4 Å². The number of hydrogen-bond acceptors (Lipinski definition) is 0. The molecule has 0 aliphatic heterocycles. The molecule has 0 saturated heterocycles. The summed E-state index contributed by atoms with van der Waals surface area (Å²) in [6.07, 6.45) is 2.62. The molecule has 2 unspecified atom stereocenters. The van der Waals surface area contributed by atoms with E-state index < -0.39 is 12.8 Å². The average molecular weight is 266 g/mol. The molecule has 0 aromatic heterocycles. The summed E-state index contributed by atoms with van der Waals surface area (Å²) >= 11 is 0. The predicted octanol–water partition coefficient (Wildman–Crippen LogP) is 1.57. The number of halogens is 3. The summed E-state index contributed by atoms with van der Waals surface area (Å²) in [5, 5.41) is 0. The van der Waals surface area contributed by atoms with Gasteiger partial charge in [-0.3, -0.25) is 0 Å². The van der Waals surface area contributed by atoms with Crippen LogP contribution in [0.5, 0.6) is 0 Å². The van der Waals surface area contributed by atoms with E-state index in [1.807, 2.05) is 30.3 Å². The van der Waals surface area contributed by atoms with Crippen LogP contribution in [0.2, 0.25) is 5.82 Å². The summed E-state index contributed by atoms with van der Waals surface area (Å²) in [6.45, 7) is -4.71. The van der Waals surface area contributed by atoms with Gasteiger partial charge in [0, 0.05) is 0 Å². The van der Waals surface area contributed by atoms with E-state index in [9.17, 15) is 12.9 Å². The van der Waals surface area contributed by atoms with Crippen molar-refractivity contribution >= 4 is 6.98 Å².